The summed E-state index contributed by atoms with van der Waals surface area (Å²) in [5, 5.41) is 8.97. The third-order valence-electron chi connectivity index (χ3n) is 2.34. The Bertz CT molecular complexity index is 523. The van der Waals surface area contributed by atoms with Gasteiger partial charge in [0, 0.05) is 17.8 Å². The number of sulfonamides is 1. The van der Waals surface area contributed by atoms with Gasteiger partial charge in [0.05, 0.1) is 6.61 Å². The molecule has 0 aliphatic carbocycles. The number of thiophene rings is 1. The van der Waals surface area contributed by atoms with Crippen molar-refractivity contribution in [1.82, 2.24) is 4.72 Å². The van der Waals surface area contributed by atoms with Crippen LogP contribution in [-0.2, 0) is 16.6 Å². The molecule has 0 spiro atoms. The summed E-state index contributed by atoms with van der Waals surface area (Å²) in [6.45, 7) is 1.12. The highest BCUT2D eigenvalue weighted by Gasteiger charge is 2.26. The average molecular weight is 317 g/mol. The molecular formula is C10H14F3NO3S2. The molecule has 1 rings (SSSR count). The van der Waals surface area contributed by atoms with Gasteiger partial charge in [0.25, 0.3) is 0 Å². The lowest BCUT2D eigenvalue weighted by molar-refractivity contribution is -0.135. The van der Waals surface area contributed by atoms with Crippen molar-refractivity contribution < 1.29 is 26.7 Å². The summed E-state index contributed by atoms with van der Waals surface area (Å²) in [6.07, 6.45) is -5.62. The molecule has 0 radical (unpaired) electrons. The normalized spacial score (nSPS) is 12.9. The molecule has 1 heterocycles. The van der Waals surface area contributed by atoms with E-state index in [4.69, 9.17) is 5.11 Å². The molecule has 0 aliphatic heterocycles. The molecule has 0 amide bonds. The Morgan fingerprint density at radius 3 is 2.53 bits per heavy atom. The van der Waals surface area contributed by atoms with Crippen LogP contribution in [0.15, 0.2) is 10.3 Å². The van der Waals surface area contributed by atoms with Crippen molar-refractivity contribution in [2.45, 2.75) is 36.8 Å². The van der Waals surface area contributed by atoms with E-state index in [9.17, 15) is 21.6 Å². The Kier molecular flexibility index (Phi) is 5.36. The summed E-state index contributed by atoms with van der Waals surface area (Å²) >= 11 is 0.907. The maximum Gasteiger partial charge on any atom is 0.389 e. The molecule has 1 aromatic heterocycles. The maximum atomic E-state index is 11.9. The molecule has 19 heavy (non-hydrogen) atoms. The molecule has 0 aliphatic rings. The Labute approximate surface area is 113 Å². The number of hydrogen-bond donors (Lipinski definition) is 2. The van der Waals surface area contributed by atoms with Crippen LogP contribution in [0.2, 0.25) is 0 Å². The highest BCUT2D eigenvalue weighted by Crippen LogP contribution is 2.26. The van der Waals surface area contributed by atoms with Crippen molar-refractivity contribution in [3.63, 3.8) is 0 Å². The molecule has 2 N–H and O–H groups in total. The lowest BCUT2D eigenvalue weighted by Crippen LogP contribution is -2.25. The second kappa shape index (κ2) is 6.21. The molecule has 4 nitrogen and oxygen atoms in total. The van der Waals surface area contributed by atoms with Crippen LogP contribution in [0.1, 0.15) is 23.3 Å². The first kappa shape index (κ1) is 16.4. The van der Waals surface area contributed by atoms with Crippen LogP contribution in [0.3, 0.4) is 0 Å². The van der Waals surface area contributed by atoms with Crippen LogP contribution in [0.5, 0.6) is 0 Å². The van der Waals surface area contributed by atoms with Gasteiger partial charge in [0.1, 0.15) is 4.21 Å². The fourth-order valence-electron chi connectivity index (χ4n) is 1.34. The van der Waals surface area contributed by atoms with E-state index in [1.165, 1.54) is 6.07 Å². The SMILES string of the molecule is Cc1cc(S(=O)(=O)NCCCC(F)(F)F)sc1CO. The van der Waals surface area contributed by atoms with Gasteiger partial charge in [-0.1, -0.05) is 0 Å². The lowest BCUT2D eigenvalue weighted by Gasteiger charge is -2.07. The zero-order valence-electron chi connectivity index (χ0n) is 10.1. The van der Waals surface area contributed by atoms with Gasteiger partial charge in [-0.3, -0.25) is 0 Å². The Balaban J connectivity index is 2.61. The Morgan fingerprint density at radius 1 is 1.42 bits per heavy atom. The van der Waals surface area contributed by atoms with Crippen molar-refractivity contribution >= 4 is 21.4 Å². The minimum atomic E-state index is -4.28. The van der Waals surface area contributed by atoms with Crippen molar-refractivity contribution in [3.05, 3.63) is 16.5 Å². The second-order valence-electron chi connectivity index (χ2n) is 3.95. The number of halogens is 3. The van der Waals surface area contributed by atoms with E-state index < -0.39 is 22.6 Å². The predicted octanol–water partition coefficient (Wildman–Crippen LogP) is 2.17. The molecule has 0 atom stereocenters. The van der Waals surface area contributed by atoms with Crippen molar-refractivity contribution in [2.24, 2.45) is 0 Å². The van der Waals surface area contributed by atoms with Gasteiger partial charge in [-0.15, -0.1) is 11.3 Å². The third-order valence-corrected chi connectivity index (χ3v) is 5.49. The van der Waals surface area contributed by atoms with Crippen molar-refractivity contribution in [1.29, 1.82) is 0 Å². The molecule has 0 saturated carbocycles. The first-order chi connectivity index (χ1) is 8.65. The molecule has 0 aromatic carbocycles. The van der Waals surface area contributed by atoms with Gasteiger partial charge in [0.2, 0.25) is 10.0 Å². The molecular weight excluding hydrogens is 303 g/mol. The number of alkyl halides is 3. The zero-order chi connectivity index (χ0) is 14.7. The van der Waals surface area contributed by atoms with Crippen LogP contribution in [0.4, 0.5) is 13.2 Å². The standard InChI is InChI=1S/C10H14F3NO3S2/c1-7-5-9(18-8(7)6-15)19(16,17)14-4-2-3-10(11,12)13/h5,14-15H,2-4,6H2,1H3. The smallest absolute Gasteiger partial charge is 0.389 e. The van der Waals surface area contributed by atoms with Crippen molar-refractivity contribution in [3.8, 4) is 0 Å². The monoisotopic (exact) mass is 317 g/mol. The third kappa shape index (κ3) is 5.09. The van der Waals surface area contributed by atoms with Gasteiger partial charge in [-0.25, -0.2) is 13.1 Å². The summed E-state index contributed by atoms with van der Waals surface area (Å²) in [7, 11) is -3.80. The van der Waals surface area contributed by atoms with Gasteiger partial charge < -0.3 is 5.11 Å². The van der Waals surface area contributed by atoms with Crippen LogP contribution >= 0.6 is 11.3 Å². The zero-order valence-corrected chi connectivity index (χ0v) is 11.8. The Morgan fingerprint density at radius 2 is 2.05 bits per heavy atom. The molecule has 0 fully saturated rings. The van der Waals surface area contributed by atoms with E-state index in [1.54, 1.807) is 6.92 Å². The fraction of sp³-hybridized carbons (Fsp3) is 0.600. The van der Waals surface area contributed by atoms with Crippen LogP contribution in [0, 0.1) is 6.92 Å². The predicted molar refractivity (Wildman–Crippen MR) is 65.5 cm³/mol. The topological polar surface area (TPSA) is 66.4 Å². The molecule has 0 saturated heterocycles. The minimum absolute atomic E-state index is 0.000980. The van der Waals surface area contributed by atoms with Gasteiger partial charge >= 0.3 is 6.18 Å². The molecule has 1 aromatic rings. The largest absolute Gasteiger partial charge is 0.391 e. The van der Waals surface area contributed by atoms with Crippen LogP contribution in [-0.4, -0.2) is 26.2 Å². The van der Waals surface area contributed by atoms with E-state index in [-0.39, 0.29) is 23.8 Å². The van der Waals surface area contributed by atoms with E-state index in [1.807, 2.05) is 0 Å². The fourth-order valence-corrected chi connectivity index (χ4v) is 3.91. The number of nitrogens with one attached hydrogen (secondary N) is 1. The van der Waals surface area contributed by atoms with E-state index in [0.29, 0.717) is 10.4 Å². The summed E-state index contributed by atoms with van der Waals surface area (Å²) in [5.41, 5.74) is 0.642. The summed E-state index contributed by atoms with van der Waals surface area (Å²) in [6, 6.07) is 1.39. The first-order valence-corrected chi connectivity index (χ1v) is 7.72. The van der Waals surface area contributed by atoms with Crippen LogP contribution < -0.4 is 4.72 Å². The molecule has 110 valence electrons. The van der Waals surface area contributed by atoms with Gasteiger partial charge in [-0.2, -0.15) is 13.2 Å². The highest BCUT2D eigenvalue weighted by atomic mass is 32.2. The highest BCUT2D eigenvalue weighted by molar-refractivity contribution is 7.91. The summed E-state index contributed by atoms with van der Waals surface area (Å²) in [4.78, 5) is 0.524. The molecule has 0 unspecified atom stereocenters. The van der Waals surface area contributed by atoms with E-state index in [0.717, 1.165) is 11.3 Å². The van der Waals surface area contributed by atoms with Crippen molar-refractivity contribution in [2.75, 3.05) is 6.54 Å². The van der Waals surface area contributed by atoms with Gasteiger partial charge in [0.15, 0.2) is 0 Å². The quantitative estimate of drug-likeness (QED) is 0.790. The average Bonchev–Trinajstić information content (AvgIpc) is 2.65. The first-order valence-electron chi connectivity index (χ1n) is 5.42. The van der Waals surface area contributed by atoms with Crippen LogP contribution in [0.25, 0.3) is 0 Å². The number of aryl methyl sites for hydroxylation is 1. The second-order valence-corrected chi connectivity index (χ2v) is 7.08. The van der Waals surface area contributed by atoms with E-state index in [2.05, 4.69) is 4.72 Å². The number of rotatable bonds is 6. The Hall–Kier alpha value is -0.640. The van der Waals surface area contributed by atoms with E-state index >= 15 is 0 Å². The lowest BCUT2D eigenvalue weighted by atomic mass is 10.3. The number of hydrogen-bond acceptors (Lipinski definition) is 4. The number of aliphatic hydroxyl groups excluding tert-OH is 1. The number of aliphatic hydroxyl groups is 1. The minimum Gasteiger partial charge on any atom is -0.391 e. The molecule has 9 heteroatoms. The summed E-state index contributed by atoms with van der Waals surface area (Å²) in [5.74, 6) is 0. The molecule has 0 bridgehead atoms. The summed E-state index contributed by atoms with van der Waals surface area (Å²) < 4.78 is 61.4. The maximum absolute atomic E-state index is 11.9. The van der Waals surface area contributed by atoms with Gasteiger partial charge in [-0.05, 0) is 25.0 Å².